The third-order valence-electron chi connectivity index (χ3n) is 5.03. The first-order valence-electron chi connectivity index (χ1n) is 11.8. The molecule has 0 aromatic rings. The molecule has 7 heteroatoms. The van der Waals surface area contributed by atoms with Gasteiger partial charge in [-0.3, -0.25) is 5.32 Å². The van der Waals surface area contributed by atoms with Crippen LogP contribution in [0.1, 0.15) is 67.2 Å². The Hall–Kier alpha value is -1.07. The van der Waals surface area contributed by atoms with Crippen molar-refractivity contribution in [3.05, 3.63) is 56.5 Å². The fraction of sp³-hybridized carbons (Fsp3) is 0.600. The van der Waals surface area contributed by atoms with Crippen molar-refractivity contribution in [1.29, 1.82) is 0 Å². The smallest absolute Gasteiger partial charge is 0.0823 e. The molecule has 1 aliphatic carbocycles. The van der Waals surface area contributed by atoms with E-state index in [4.69, 9.17) is 40.5 Å². The summed E-state index contributed by atoms with van der Waals surface area (Å²) in [5.74, 6) is 0. The zero-order valence-corrected chi connectivity index (χ0v) is 23.0. The lowest BCUT2D eigenvalue weighted by atomic mass is 10.1. The largest absolute Gasteiger partial charge is 0.396 e. The van der Waals surface area contributed by atoms with Crippen molar-refractivity contribution in [2.75, 3.05) is 32.8 Å². The molecule has 4 nitrogen and oxygen atoms in total. The fourth-order valence-electron chi connectivity index (χ4n) is 3.29. The van der Waals surface area contributed by atoms with Gasteiger partial charge in [0.2, 0.25) is 0 Å². The minimum Gasteiger partial charge on any atom is -0.396 e. The molecule has 0 fully saturated rings. The number of nitrogens with one attached hydrogen (secondary N) is 1. The van der Waals surface area contributed by atoms with Gasteiger partial charge in [-0.25, -0.2) is 0 Å². The Morgan fingerprint density at radius 1 is 1.12 bits per heavy atom. The van der Waals surface area contributed by atoms with Crippen LogP contribution < -0.4 is 11.1 Å². The molecule has 0 aromatic carbocycles. The van der Waals surface area contributed by atoms with E-state index in [2.05, 4.69) is 42.0 Å². The molecule has 0 amide bonds. The van der Waals surface area contributed by atoms with Crippen LogP contribution in [0.3, 0.4) is 0 Å². The van der Waals surface area contributed by atoms with E-state index >= 15 is 0 Å². The van der Waals surface area contributed by atoms with Crippen molar-refractivity contribution in [1.82, 2.24) is 15.1 Å². The van der Waals surface area contributed by atoms with Crippen LogP contribution in [0.4, 0.5) is 0 Å². The summed E-state index contributed by atoms with van der Waals surface area (Å²) in [7, 11) is 0. The number of unbranched alkanes of at least 4 members (excludes halogenated alkanes) is 1. The van der Waals surface area contributed by atoms with Gasteiger partial charge in [0.25, 0.3) is 0 Å². The van der Waals surface area contributed by atoms with Crippen LogP contribution in [-0.4, -0.2) is 42.6 Å². The van der Waals surface area contributed by atoms with E-state index in [1.807, 2.05) is 39.0 Å². The van der Waals surface area contributed by atoms with Crippen LogP contribution in [0.5, 0.6) is 0 Å². The van der Waals surface area contributed by atoms with E-state index in [9.17, 15) is 0 Å². The lowest BCUT2D eigenvalue weighted by molar-refractivity contribution is 0.291. The van der Waals surface area contributed by atoms with E-state index in [0.29, 0.717) is 30.4 Å². The molecule has 0 saturated heterocycles. The Labute approximate surface area is 211 Å². The average molecular weight is 506 g/mol. The number of nitrogens with two attached hydrogens (primary N) is 1. The summed E-state index contributed by atoms with van der Waals surface area (Å²) in [6.07, 6.45) is 11.4. The predicted molar refractivity (Wildman–Crippen MR) is 145 cm³/mol. The first kappa shape index (κ1) is 30.9. The molecule has 0 aromatic heterocycles. The van der Waals surface area contributed by atoms with Crippen molar-refractivity contribution in [2.45, 2.75) is 67.2 Å². The summed E-state index contributed by atoms with van der Waals surface area (Å²) in [6, 6.07) is 0. The SMILES string of the molecule is C/C=C(/Cl)C/C=C(/Cl)CNCN(CCCC)C1=C(N(CC)CC)CC=CC(Cl)=C1N.CC. The van der Waals surface area contributed by atoms with Crippen LogP contribution in [0, 0.1) is 0 Å². The molecule has 0 unspecified atom stereocenters. The molecule has 0 bridgehead atoms. The zero-order valence-electron chi connectivity index (χ0n) is 20.8. The highest BCUT2D eigenvalue weighted by Gasteiger charge is 2.23. The minimum absolute atomic E-state index is 0.571. The Morgan fingerprint density at radius 3 is 2.34 bits per heavy atom. The second-order valence-electron chi connectivity index (χ2n) is 7.13. The van der Waals surface area contributed by atoms with Gasteiger partial charge in [0.05, 0.1) is 23.1 Å². The molecule has 32 heavy (non-hydrogen) atoms. The second-order valence-corrected chi connectivity index (χ2v) is 8.51. The summed E-state index contributed by atoms with van der Waals surface area (Å²) in [6.45, 7) is 16.4. The maximum Gasteiger partial charge on any atom is 0.0823 e. The molecule has 1 rings (SSSR count). The Balaban J connectivity index is 0.00000466. The third-order valence-corrected chi connectivity index (χ3v) is 6.02. The summed E-state index contributed by atoms with van der Waals surface area (Å²) in [5, 5.41) is 5.57. The van der Waals surface area contributed by atoms with Gasteiger partial charge in [-0.05, 0) is 33.3 Å². The number of halogens is 3. The number of allylic oxidation sites excluding steroid dienone is 6. The normalized spacial score (nSPS) is 14.9. The highest BCUT2D eigenvalue weighted by Crippen LogP contribution is 2.29. The number of nitrogens with zero attached hydrogens (tertiary/aromatic N) is 2. The Morgan fingerprint density at radius 2 is 1.78 bits per heavy atom. The molecule has 1 aliphatic rings. The second kappa shape index (κ2) is 18.4. The van der Waals surface area contributed by atoms with Gasteiger partial charge in [-0.15, -0.1) is 0 Å². The summed E-state index contributed by atoms with van der Waals surface area (Å²) < 4.78 is 0. The van der Waals surface area contributed by atoms with Crippen molar-refractivity contribution in [2.24, 2.45) is 5.73 Å². The monoisotopic (exact) mass is 504 g/mol. The molecule has 0 saturated carbocycles. The fourth-order valence-corrected chi connectivity index (χ4v) is 3.72. The number of rotatable bonds is 13. The van der Waals surface area contributed by atoms with Crippen molar-refractivity contribution >= 4 is 34.8 Å². The summed E-state index contributed by atoms with van der Waals surface area (Å²) in [5.41, 5.74) is 9.41. The first-order valence-corrected chi connectivity index (χ1v) is 12.9. The summed E-state index contributed by atoms with van der Waals surface area (Å²) >= 11 is 18.9. The molecule has 0 spiro atoms. The zero-order chi connectivity index (χ0) is 24.5. The molecule has 0 aliphatic heterocycles. The molecular formula is C25H43Cl3N4. The average Bonchev–Trinajstić information content (AvgIpc) is 2.95. The van der Waals surface area contributed by atoms with E-state index in [-0.39, 0.29) is 0 Å². The van der Waals surface area contributed by atoms with Crippen LogP contribution >= 0.6 is 34.8 Å². The van der Waals surface area contributed by atoms with Crippen LogP contribution in [-0.2, 0) is 0 Å². The van der Waals surface area contributed by atoms with Crippen LogP contribution in [0.15, 0.2) is 56.5 Å². The maximum absolute atomic E-state index is 6.54. The quantitative estimate of drug-likeness (QED) is 0.259. The Kier molecular flexibility index (Phi) is 17.8. The molecule has 3 N–H and O–H groups in total. The standard InChI is InChI=1S/C23H37Cl3N4.C2H6/c1-5-9-15-30(17-28-16-19(25)14-13-18(24)6-2)23-21(29(7-3)8-4)12-10-11-20(26)22(23)27;1-2/h6,10-11,14,28H,5,7-9,12-13,15-17,27H2,1-4H3;1-2H3/b18-6+,19-14+;. The Bertz CT molecular complexity index is 689. The first-order chi connectivity index (χ1) is 15.4. The van der Waals surface area contributed by atoms with E-state index < -0.39 is 0 Å². The lowest BCUT2D eigenvalue weighted by Gasteiger charge is -2.34. The van der Waals surface area contributed by atoms with Gasteiger partial charge in [-0.1, -0.05) is 80.2 Å². The molecule has 0 heterocycles. The molecule has 0 radical (unpaired) electrons. The van der Waals surface area contributed by atoms with Gasteiger partial charge >= 0.3 is 0 Å². The predicted octanol–water partition coefficient (Wildman–Crippen LogP) is 7.24. The topological polar surface area (TPSA) is 44.5 Å². The van der Waals surface area contributed by atoms with E-state index in [1.165, 1.54) is 5.70 Å². The van der Waals surface area contributed by atoms with Gasteiger partial charge in [0.15, 0.2) is 0 Å². The lowest BCUT2D eigenvalue weighted by Crippen LogP contribution is -2.39. The maximum atomic E-state index is 6.54. The van der Waals surface area contributed by atoms with Crippen LogP contribution in [0.2, 0.25) is 0 Å². The van der Waals surface area contributed by atoms with Crippen molar-refractivity contribution in [3.8, 4) is 0 Å². The third kappa shape index (κ3) is 10.7. The minimum atomic E-state index is 0.571. The van der Waals surface area contributed by atoms with Crippen LogP contribution in [0.25, 0.3) is 0 Å². The highest BCUT2D eigenvalue weighted by molar-refractivity contribution is 6.32. The van der Waals surface area contributed by atoms with Crippen molar-refractivity contribution < 1.29 is 0 Å². The highest BCUT2D eigenvalue weighted by atomic mass is 35.5. The summed E-state index contributed by atoms with van der Waals surface area (Å²) in [4.78, 5) is 4.65. The number of hydrogen-bond acceptors (Lipinski definition) is 4. The van der Waals surface area contributed by atoms with Gasteiger partial charge < -0.3 is 15.5 Å². The van der Waals surface area contributed by atoms with E-state index in [0.717, 1.165) is 54.7 Å². The van der Waals surface area contributed by atoms with Gasteiger partial charge in [0, 0.05) is 54.8 Å². The van der Waals surface area contributed by atoms with Gasteiger partial charge in [-0.2, -0.15) is 0 Å². The molecule has 0 atom stereocenters. The van der Waals surface area contributed by atoms with Crippen molar-refractivity contribution in [3.63, 3.8) is 0 Å². The molecular weight excluding hydrogens is 463 g/mol. The number of hydrogen-bond donors (Lipinski definition) is 2. The van der Waals surface area contributed by atoms with Gasteiger partial charge in [0.1, 0.15) is 0 Å². The van der Waals surface area contributed by atoms with E-state index in [1.54, 1.807) is 0 Å². The molecule has 184 valence electrons.